The molecule has 1 heterocycles. The molecule has 1 saturated heterocycles. The van der Waals surface area contributed by atoms with Crippen LogP contribution in [0.3, 0.4) is 0 Å². The molecule has 1 aliphatic rings. The molecule has 7 heteroatoms. The zero-order chi connectivity index (χ0) is 15.1. The molecule has 0 bridgehead atoms. The maximum absolute atomic E-state index is 11.9. The van der Waals surface area contributed by atoms with Gasteiger partial charge in [0, 0.05) is 32.2 Å². The van der Waals surface area contributed by atoms with E-state index in [1.165, 1.54) is 0 Å². The molecule has 0 aromatic heterocycles. The van der Waals surface area contributed by atoms with E-state index in [0.717, 1.165) is 24.5 Å². The predicted octanol–water partition coefficient (Wildman–Crippen LogP) is -1.04. The van der Waals surface area contributed by atoms with Gasteiger partial charge in [0.25, 0.3) is 0 Å². The second-order valence-corrected chi connectivity index (χ2v) is 5.04. The van der Waals surface area contributed by atoms with Gasteiger partial charge >= 0.3 is 12.0 Å². The molecular formula is C13H22N4O3. The average Bonchev–Trinajstić information content (AvgIpc) is 2.38. The molecule has 20 heavy (non-hydrogen) atoms. The minimum Gasteiger partial charge on any atom is -0.480 e. The van der Waals surface area contributed by atoms with Crippen molar-refractivity contribution in [3.05, 3.63) is 0 Å². The number of amides is 2. The summed E-state index contributed by atoms with van der Waals surface area (Å²) in [5.41, 5.74) is 0. The van der Waals surface area contributed by atoms with E-state index < -0.39 is 18.5 Å². The number of terminal acetylenes is 1. The monoisotopic (exact) mass is 282 g/mol. The molecule has 1 aliphatic heterocycles. The van der Waals surface area contributed by atoms with Crippen LogP contribution in [-0.2, 0) is 4.79 Å². The number of piperazine rings is 1. The summed E-state index contributed by atoms with van der Waals surface area (Å²) < 4.78 is 0. The van der Waals surface area contributed by atoms with Crippen LogP contribution in [0.25, 0.3) is 0 Å². The summed E-state index contributed by atoms with van der Waals surface area (Å²) in [6.07, 6.45) is 5.14. The van der Waals surface area contributed by atoms with E-state index >= 15 is 0 Å². The van der Waals surface area contributed by atoms with Crippen molar-refractivity contribution in [2.75, 3.05) is 53.4 Å². The third-order valence-corrected chi connectivity index (χ3v) is 3.36. The number of likely N-dealkylation sites (N-methyl/N-ethyl adjacent to an activating group) is 2. The number of carbonyl (C=O) groups excluding carboxylic acids is 1. The lowest BCUT2D eigenvalue weighted by Gasteiger charge is -2.38. The molecule has 112 valence electrons. The van der Waals surface area contributed by atoms with Crippen LogP contribution in [0.5, 0.6) is 0 Å². The number of carboxylic acids is 1. The molecule has 1 unspecified atom stereocenters. The number of carbonyl (C=O) groups is 2. The highest BCUT2D eigenvalue weighted by atomic mass is 16.4. The highest BCUT2D eigenvalue weighted by molar-refractivity contribution is 5.80. The maximum atomic E-state index is 11.9. The summed E-state index contributed by atoms with van der Waals surface area (Å²) in [4.78, 5) is 28.1. The van der Waals surface area contributed by atoms with Crippen LogP contribution >= 0.6 is 0 Å². The first-order valence-electron chi connectivity index (χ1n) is 6.51. The second kappa shape index (κ2) is 7.72. The Morgan fingerprint density at radius 2 is 2.15 bits per heavy atom. The zero-order valence-electron chi connectivity index (χ0n) is 12.0. The van der Waals surface area contributed by atoms with Gasteiger partial charge in [-0.2, -0.15) is 0 Å². The summed E-state index contributed by atoms with van der Waals surface area (Å²) in [5, 5.41) is 11.5. The number of hydrogen-bond donors (Lipinski definition) is 2. The smallest absolute Gasteiger partial charge is 0.323 e. The fourth-order valence-corrected chi connectivity index (χ4v) is 2.11. The van der Waals surface area contributed by atoms with Gasteiger partial charge in [0.15, 0.2) is 0 Å². The topological polar surface area (TPSA) is 76.1 Å². The minimum absolute atomic E-state index is 0.0153. The largest absolute Gasteiger partial charge is 0.480 e. The Labute approximate surface area is 119 Å². The van der Waals surface area contributed by atoms with Crippen molar-refractivity contribution in [1.29, 1.82) is 0 Å². The molecule has 2 amide bonds. The number of nitrogens with zero attached hydrogens (tertiary/aromatic N) is 3. The van der Waals surface area contributed by atoms with Crippen molar-refractivity contribution in [3.8, 4) is 12.3 Å². The Morgan fingerprint density at radius 3 is 2.75 bits per heavy atom. The summed E-state index contributed by atoms with van der Waals surface area (Å²) in [6, 6.07) is -0.220. The SMILES string of the molecule is C#CCN(CC(=O)O)C(=O)NCC1CN(C)CCN1C. The van der Waals surface area contributed by atoms with Crippen molar-refractivity contribution >= 4 is 12.0 Å². The van der Waals surface area contributed by atoms with Crippen LogP contribution in [0.15, 0.2) is 0 Å². The lowest BCUT2D eigenvalue weighted by atomic mass is 10.2. The molecular weight excluding hydrogens is 260 g/mol. The molecule has 1 fully saturated rings. The van der Waals surface area contributed by atoms with Crippen molar-refractivity contribution in [3.63, 3.8) is 0 Å². The van der Waals surface area contributed by atoms with Crippen molar-refractivity contribution < 1.29 is 14.7 Å². The number of carboxylic acid groups (broad SMARTS) is 1. The van der Waals surface area contributed by atoms with E-state index in [0.29, 0.717) is 6.54 Å². The number of nitrogens with one attached hydrogen (secondary N) is 1. The van der Waals surface area contributed by atoms with E-state index in [4.69, 9.17) is 11.5 Å². The summed E-state index contributed by atoms with van der Waals surface area (Å²) in [5.74, 6) is 1.21. The Kier molecular flexibility index (Phi) is 6.28. The fourth-order valence-electron chi connectivity index (χ4n) is 2.11. The van der Waals surface area contributed by atoms with E-state index in [1.807, 2.05) is 14.1 Å². The molecule has 0 saturated carbocycles. The molecule has 0 aromatic rings. The first-order chi connectivity index (χ1) is 9.43. The second-order valence-electron chi connectivity index (χ2n) is 5.04. The number of rotatable bonds is 5. The molecule has 0 aromatic carbocycles. The van der Waals surface area contributed by atoms with E-state index in [-0.39, 0.29) is 12.6 Å². The van der Waals surface area contributed by atoms with Gasteiger partial charge in [0.05, 0.1) is 6.54 Å². The van der Waals surface area contributed by atoms with Crippen LogP contribution in [0, 0.1) is 12.3 Å². The van der Waals surface area contributed by atoms with Gasteiger partial charge in [-0.15, -0.1) is 6.42 Å². The van der Waals surface area contributed by atoms with E-state index in [1.54, 1.807) is 0 Å². The molecule has 0 radical (unpaired) electrons. The Balaban J connectivity index is 2.47. The van der Waals surface area contributed by atoms with Crippen molar-refractivity contribution in [2.24, 2.45) is 0 Å². The van der Waals surface area contributed by atoms with Crippen LogP contribution in [-0.4, -0.2) is 91.2 Å². The highest BCUT2D eigenvalue weighted by Crippen LogP contribution is 2.04. The van der Waals surface area contributed by atoms with Gasteiger partial charge < -0.3 is 20.2 Å². The van der Waals surface area contributed by atoms with Crippen molar-refractivity contribution in [2.45, 2.75) is 6.04 Å². The van der Waals surface area contributed by atoms with Gasteiger partial charge in [-0.1, -0.05) is 5.92 Å². The van der Waals surface area contributed by atoms with Gasteiger partial charge in [-0.25, -0.2) is 4.79 Å². The minimum atomic E-state index is -1.08. The van der Waals surface area contributed by atoms with Crippen LogP contribution in [0.4, 0.5) is 4.79 Å². The quantitative estimate of drug-likeness (QED) is 0.630. The van der Waals surface area contributed by atoms with E-state index in [9.17, 15) is 9.59 Å². The van der Waals surface area contributed by atoms with Crippen LogP contribution < -0.4 is 5.32 Å². The van der Waals surface area contributed by atoms with Crippen LogP contribution in [0.2, 0.25) is 0 Å². The average molecular weight is 282 g/mol. The molecule has 0 aliphatic carbocycles. The van der Waals surface area contributed by atoms with E-state index in [2.05, 4.69) is 21.0 Å². The summed E-state index contributed by atoms with van der Waals surface area (Å²) in [7, 11) is 4.05. The number of hydrogen-bond acceptors (Lipinski definition) is 4. The Morgan fingerprint density at radius 1 is 1.45 bits per heavy atom. The van der Waals surface area contributed by atoms with Crippen molar-refractivity contribution in [1.82, 2.24) is 20.0 Å². The Hall–Kier alpha value is -1.78. The first-order valence-corrected chi connectivity index (χ1v) is 6.51. The van der Waals surface area contributed by atoms with Gasteiger partial charge in [-0.05, 0) is 14.1 Å². The fraction of sp³-hybridized carbons (Fsp3) is 0.692. The van der Waals surface area contributed by atoms with Crippen LogP contribution in [0.1, 0.15) is 0 Å². The standard InChI is InChI=1S/C13H22N4O3/c1-4-5-17(10-12(18)19)13(20)14-8-11-9-15(2)6-7-16(11)3/h1,11H,5-10H2,2-3H3,(H,14,20)(H,18,19). The van der Waals surface area contributed by atoms with Gasteiger partial charge in [0.1, 0.15) is 6.54 Å². The molecule has 0 spiro atoms. The lowest BCUT2D eigenvalue weighted by molar-refractivity contribution is -0.137. The molecule has 1 rings (SSSR count). The molecule has 1 atom stereocenters. The highest BCUT2D eigenvalue weighted by Gasteiger charge is 2.23. The van der Waals surface area contributed by atoms with Gasteiger partial charge in [0.2, 0.25) is 0 Å². The number of urea groups is 1. The normalized spacial score (nSPS) is 20.1. The molecule has 7 nitrogen and oxygen atoms in total. The molecule has 2 N–H and O–H groups in total. The van der Waals surface area contributed by atoms with Gasteiger partial charge in [-0.3, -0.25) is 9.69 Å². The zero-order valence-corrected chi connectivity index (χ0v) is 12.0. The predicted molar refractivity (Wildman–Crippen MR) is 75.4 cm³/mol. The number of aliphatic carboxylic acids is 1. The third-order valence-electron chi connectivity index (χ3n) is 3.36. The third kappa shape index (κ3) is 5.07. The first kappa shape index (κ1) is 16.3. The summed E-state index contributed by atoms with van der Waals surface area (Å²) in [6.45, 7) is 2.88. The lowest BCUT2D eigenvalue weighted by Crippen LogP contribution is -2.55. The summed E-state index contributed by atoms with van der Waals surface area (Å²) >= 11 is 0. The maximum Gasteiger partial charge on any atom is 0.323 e. The Bertz CT molecular complexity index is 394.